The van der Waals surface area contributed by atoms with Gasteiger partial charge in [-0.1, -0.05) is 375 Å². The maximum absolute atomic E-state index is 13.1. The van der Waals surface area contributed by atoms with Crippen LogP contribution in [0.5, 0.6) is 0 Å². The Bertz CT molecular complexity index is 1890. The minimum Gasteiger partial charge on any atom is -0.462 e. The minimum absolute atomic E-state index is 0.108. The predicted molar refractivity (Wildman–Crippen MR) is 405 cm³/mol. The van der Waals surface area contributed by atoms with Crippen LogP contribution in [0.4, 0.5) is 0 Å². The van der Waals surface area contributed by atoms with Crippen molar-refractivity contribution >= 4 is 39.5 Å². The van der Waals surface area contributed by atoms with E-state index in [9.17, 15) is 43.2 Å². The summed E-state index contributed by atoms with van der Waals surface area (Å²) in [4.78, 5) is 72.8. The number of esters is 4. The van der Waals surface area contributed by atoms with Crippen molar-refractivity contribution in [2.75, 3.05) is 39.6 Å². The molecule has 0 aliphatic rings. The summed E-state index contributed by atoms with van der Waals surface area (Å²) in [5, 5.41) is 10.6. The van der Waals surface area contributed by atoms with E-state index in [0.29, 0.717) is 25.7 Å². The van der Waals surface area contributed by atoms with E-state index in [2.05, 4.69) is 34.6 Å². The molecule has 99 heavy (non-hydrogen) atoms. The SMILES string of the molecule is CCCCCCCCCCCCCCCCCCCCCC(=O)OC[C@H](COP(=O)(O)OC[C@@H](O)COP(=O)(O)OC[C@@H](COC(=O)CCCCCCCCC)OC(=O)CCCCCCCCCCCCCCCC)OC(=O)CCCCCCCCCCCCCCCCCCC(C)C. The molecule has 17 nitrogen and oxygen atoms in total. The molecule has 19 heteroatoms. The quantitative estimate of drug-likeness (QED) is 0.0222. The molecule has 0 saturated heterocycles. The highest BCUT2D eigenvalue weighted by molar-refractivity contribution is 7.47. The molecule has 0 aliphatic heterocycles. The van der Waals surface area contributed by atoms with Crippen molar-refractivity contribution in [2.45, 2.75) is 445 Å². The van der Waals surface area contributed by atoms with Gasteiger partial charge in [-0.25, -0.2) is 9.13 Å². The molecule has 3 N–H and O–H groups in total. The van der Waals surface area contributed by atoms with Crippen LogP contribution in [-0.4, -0.2) is 96.7 Å². The van der Waals surface area contributed by atoms with Gasteiger partial charge in [-0.2, -0.15) is 0 Å². The van der Waals surface area contributed by atoms with Gasteiger partial charge in [0.25, 0.3) is 0 Å². The fourth-order valence-electron chi connectivity index (χ4n) is 12.4. The lowest BCUT2D eigenvalue weighted by atomic mass is 10.0. The van der Waals surface area contributed by atoms with Gasteiger partial charge in [0.2, 0.25) is 0 Å². The van der Waals surface area contributed by atoms with Crippen molar-refractivity contribution < 1.29 is 80.2 Å². The van der Waals surface area contributed by atoms with Gasteiger partial charge in [0.15, 0.2) is 12.2 Å². The summed E-state index contributed by atoms with van der Waals surface area (Å²) < 4.78 is 68.6. The maximum atomic E-state index is 13.1. The Kier molecular flexibility index (Phi) is 71.6. The number of unbranched alkanes of at least 4 members (excludes halogenated alkanes) is 52. The van der Waals surface area contributed by atoms with Gasteiger partial charge in [0, 0.05) is 25.7 Å². The van der Waals surface area contributed by atoms with Crippen molar-refractivity contribution in [3.05, 3.63) is 0 Å². The zero-order valence-corrected chi connectivity index (χ0v) is 66.4. The van der Waals surface area contributed by atoms with E-state index >= 15 is 0 Å². The molecular formula is C80H156O17P2. The molecule has 588 valence electrons. The summed E-state index contributed by atoms with van der Waals surface area (Å²) in [5.74, 6) is -1.30. The van der Waals surface area contributed by atoms with E-state index in [4.69, 9.17) is 37.0 Å². The molecule has 0 bridgehead atoms. The van der Waals surface area contributed by atoms with Crippen molar-refractivity contribution in [1.82, 2.24) is 0 Å². The first-order valence-electron chi connectivity index (χ1n) is 41.6. The molecule has 0 fully saturated rings. The van der Waals surface area contributed by atoms with Crippen LogP contribution in [0.1, 0.15) is 426 Å². The van der Waals surface area contributed by atoms with Crippen molar-refractivity contribution in [3.63, 3.8) is 0 Å². The van der Waals surface area contributed by atoms with Gasteiger partial charge < -0.3 is 33.8 Å². The number of carbonyl (C=O) groups excluding carboxylic acids is 4. The lowest BCUT2D eigenvalue weighted by Gasteiger charge is -2.21. The third-order valence-corrected chi connectivity index (χ3v) is 20.7. The first-order valence-corrected chi connectivity index (χ1v) is 44.6. The van der Waals surface area contributed by atoms with Gasteiger partial charge in [-0.05, 0) is 31.6 Å². The summed E-state index contributed by atoms with van der Waals surface area (Å²) in [5.41, 5.74) is 0. The molecule has 0 aliphatic carbocycles. The Morgan fingerprint density at radius 1 is 0.273 bits per heavy atom. The van der Waals surface area contributed by atoms with Crippen molar-refractivity contribution in [3.8, 4) is 0 Å². The van der Waals surface area contributed by atoms with E-state index in [-0.39, 0.29) is 25.7 Å². The van der Waals surface area contributed by atoms with Gasteiger partial charge in [0.1, 0.15) is 19.3 Å². The fourth-order valence-corrected chi connectivity index (χ4v) is 14.0. The van der Waals surface area contributed by atoms with E-state index in [0.717, 1.165) is 109 Å². The number of aliphatic hydroxyl groups excluding tert-OH is 1. The van der Waals surface area contributed by atoms with Crippen LogP contribution in [0.3, 0.4) is 0 Å². The number of ether oxygens (including phenoxy) is 4. The number of aliphatic hydroxyl groups is 1. The Hall–Kier alpha value is -1.94. The predicted octanol–water partition coefficient (Wildman–Crippen LogP) is 24.0. The van der Waals surface area contributed by atoms with Crippen LogP contribution in [0.2, 0.25) is 0 Å². The second-order valence-corrected chi connectivity index (χ2v) is 32.2. The number of rotatable bonds is 80. The standard InChI is InChI=1S/C80H156O17P2/c1-6-9-12-15-18-20-22-24-26-27-28-29-33-37-40-44-49-54-59-64-78(83)91-70-76(97-80(85)66-61-56-51-46-42-38-34-31-30-32-35-39-43-48-52-57-62-73(4)5)72-95-99(88,89)93-68-74(81)67-92-98(86,87)94-71-75(69-90-77(82)63-58-53-47-17-14-11-8-3)96-79(84)65-60-55-50-45-41-36-25-23-21-19-16-13-10-7-2/h73-76,81H,6-72H2,1-5H3,(H,86,87)(H,88,89)/t74-,75+,76+/m0/s1. The maximum Gasteiger partial charge on any atom is 0.472 e. The molecule has 0 heterocycles. The van der Waals surface area contributed by atoms with E-state index in [1.807, 2.05) is 0 Å². The molecule has 0 saturated carbocycles. The first-order chi connectivity index (χ1) is 48.0. The van der Waals surface area contributed by atoms with E-state index in [1.165, 1.54) is 238 Å². The van der Waals surface area contributed by atoms with Crippen LogP contribution in [0.25, 0.3) is 0 Å². The Morgan fingerprint density at radius 3 is 0.687 bits per heavy atom. The molecule has 0 spiro atoms. The van der Waals surface area contributed by atoms with Crippen LogP contribution < -0.4 is 0 Å². The molecular weight excluding hydrogens is 1290 g/mol. The number of phosphoric acid groups is 2. The minimum atomic E-state index is -4.96. The van der Waals surface area contributed by atoms with E-state index in [1.54, 1.807) is 0 Å². The molecule has 0 aromatic heterocycles. The highest BCUT2D eigenvalue weighted by Crippen LogP contribution is 2.45. The van der Waals surface area contributed by atoms with Gasteiger partial charge in [-0.15, -0.1) is 0 Å². The lowest BCUT2D eigenvalue weighted by molar-refractivity contribution is -0.161. The van der Waals surface area contributed by atoms with Crippen LogP contribution >= 0.6 is 15.6 Å². The second-order valence-electron chi connectivity index (χ2n) is 29.3. The Morgan fingerprint density at radius 2 is 0.465 bits per heavy atom. The summed E-state index contributed by atoms with van der Waals surface area (Å²) in [6, 6.07) is 0. The molecule has 0 radical (unpaired) electrons. The lowest BCUT2D eigenvalue weighted by Crippen LogP contribution is -2.30. The van der Waals surface area contributed by atoms with Gasteiger partial charge in [0.05, 0.1) is 26.4 Å². The first kappa shape index (κ1) is 97.1. The molecule has 2 unspecified atom stereocenters. The smallest absolute Gasteiger partial charge is 0.462 e. The molecule has 5 atom stereocenters. The Labute approximate surface area is 607 Å². The van der Waals surface area contributed by atoms with Gasteiger partial charge >= 0.3 is 39.5 Å². The molecule has 0 aromatic carbocycles. The Balaban J connectivity index is 5.17. The largest absolute Gasteiger partial charge is 0.472 e. The highest BCUT2D eigenvalue weighted by atomic mass is 31.2. The topological polar surface area (TPSA) is 237 Å². The molecule has 0 amide bonds. The van der Waals surface area contributed by atoms with Gasteiger partial charge in [-0.3, -0.25) is 37.3 Å². The average Bonchev–Trinajstić information content (AvgIpc) is 0.993. The third-order valence-electron chi connectivity index (χ3n) is 18.8. The summed E-state index contributed by atoms with van der Waals surface area (Å²) in [6.07, 6.45) is 64.0. The summed E-state index contributed by atoms with van der Waals surface area (Å²) in [6.45, 7) is 7.31. The van der Waals surface area contributed by atoms with Crippen LogP contribution in [0, 0.1) is 5.92 Å². The van der Waals surface area contributed by atoms with Crippen molar-refractivity contribution in [1.29, 1.82) is 0 Å². The van der Waals surface area contributed by atoms with Crippen molar-refractivity contribution in [2.24, 2.45) is 5.92 Å². The number of phosphoric ester groups is 2. The summed E-state index contributed by atoms with van der Waals surface area (Å²) in [7, 11) is -9.91. The zero-order valence-electron chi connectivity index (χ0n) is 64.6. The zero-order chi connectivity index (χ0) is 72.7. The van der Waals surface area contributed by atoms with Crippen LogP contribution in [0.15, 0.2) is 0 Å². The monoisotopic (exact) mass is 1450 g/mol. The van der Waals surface area contributed by atoms with Crippen LogP contribution in [-0.2, 0) is 65.4 Å². The molecule has 0 aromatic rings. The fraction of sp³-hybridized carbons (Fsp3) is 0.950. The number of carbonyl (C=O) groups is 4. The highest BCUT2D eigenvalue weighted by Gasteiger charge is 2.30. The number of hydrogen-bond acceptors (Lipinski definition) is 15. The van der Waals surface area contributed by atoms with E-state index < -0.39 is 97.5 Å². The normalized spacial score (nSPS) is 13.9. The third kappa shape index (κ3) is 74.1. The number of hydrogen-bond donors (Lipinski definition) is 3. The molecule has 0 rings (SSSR count). The second kappa shape index (κ2) is 73.0. The summed E-state index contributed by atoms with van der Waals surface area (Å²) >= 11 is 0. The average molecular weight is 1450 g/mol.